The van der Waals surface area contributed by atoms with Crippen LogP contribution < -0.4 is 0 Å². The highest BCUT2D eigenvalue weighted by Gasteiger charge is 2.43. The molecule has 3 heterocycles. The zero-order valence-electron chi connectivity index (χ0n) is 11.0. The molecular formula is C14H17Cl2NO2S. The molecule has 3 nitrogen and oxygen atoms in total. The molecule has 0 aliphatic carbocycles. The van der Waals surface area contributed by atoms with Crippen molar-refractivity contribution < 1.29 is 9.84 Å². The summed E-state index contributed by atoms with van der Waals surface area (Å²) in [6, 6.07) is 1.63. The fourth-order valence-corrected chi connectivity index (χ4v) is 4.93. The lowest BCUT2D eigenvalue weighted by molar-refractivity contribution is -0.102. The first-order valence-corrected chi connectivity index (χ1v) is 8.71. The van der Waals surface area contributed by atoms with Gasteiger partial charge in [0.25, 0.3) is 0 Å². The molecule has 2 fully saturated rings. The van der Waals surface area contributed by atoms with Crippen LogP contribution >= 0.6 is 35.0 Å². The van der Waals surface area contributed by atoms with Gasteiger partial charge in [-0.15, -0.1) is 0 Å². The van der Waals surface area contributed by atoms with Crippen LogP contribution in [0.15, 0.2) is 12.3 Å². The van der Waals surface area contributed by atoms with Crippen molar-refractivity contribution in [1.82, 2.24) is 4.98 Å². The summed E-state index contributed by atoms with van der Waals surface area (Å²) in [4.78, 5) is 4.21. The SMILES string of the molecule is OC(c1ncc(Cl)cc1Cl)C1CCOC2(CCSC2)C1. The van der Waals surface area contributed by atoms with Crippen LogP contribution in [0.4, 0.5) is 0 Å². The van der Waals surface area contributed by atoms with Crippen molar-refractivity contribution in [2.75, 3.05) is 18.1 Å². The largest absolute Gasteiger partial charge is 0.386 e. The van der Waals surface area contributed by atoms with Crippen molar-refractivity contribution in [3.8, 4) is 0 Å². The summed E-state index contributed by atoms with van der Waals surface area (Å²) in [5.41, 5.74) is 0.483. The van der Waals surface area contributed by atoms with Crippen molar-refractivity contribution in [2.24, 2.45) is 5.92 Å². The number of aliphatic hydroxyl groups excluding tert-OH is 1. The molecule has 0 aromatic carbocycles. The van der Waals surface area contributed by atoms with Gasteiger partial charge in [-0.2, -0.15) is 11.8 Å². The number of pyridine rings is 1. The molecule has 20 heavy (non-hydrogen) atoms. The summed E-state index contributed by atoms with van der Waals surface area (Å²) in [5, 5.41) is 11.5. The molecular weight excluding hydrogens is 317 g/mol. The van der Waals surface area contributed by atoms with E-state index in [1.54, 1.807) is 6.07 Å². The van der Waals surface area contributed by atoms with E-state index in [1.165, 1.54) is 6.20 Å². The van der Waals surface area contributed by atoms with E-state index < -0.39 is 6.10 Å². The fraction of sp³-hybridized carbons (Fsp3) is 0.643. The molecule has 2 aliphatic rings. The molecule has 0 saturated carbocycles. The van der Waals surface area contributed by atoms with E-state index in [1.807, 2.05) is 11.8 Å². The fourth-order valence-electron chi connectivity index (χ4n) is 3.06. The van der Waals surface area contributed by atoms with Gasteiger partial charge in [-0.25, -0.2) is 0 Å². The summed E-state index contributed by atoms with van der Waals surface area (Å²) in [6.45, 7) is 0.702. The second-order valence-electron chi connectivity index (χ2n) is 5.55. The minimum Gasteiger partial charge on any atom is -0.386 e. The Morgan fingerprint density at radius 3 is 3.05 bits per heavy atom. The first-order valence-electron chi connectivity index (χ1n) is 6.80. The number of aromatic nitrogens is 1. The molecule has 3 unspecified atom stereocenters. The Bertz CT molecular complexity index is 494. The molecule has 110 valence electrons. The van der Waals surface area contributed by atoms with Crippen LogP contribution in [0.25, 0.3) is 0 Å². The number of halogens is 2. The average molecular weight is 334 g/mol. The summed E-state index contributed by atoms with van der Waals surface area (Å²) < 4.78 is 5.99. The van der Waals surface area contributed by atoms with Gasteiger partial charge in [-0.05, 0) is 37.0 Å². The Hall–Kier alpha value is -0.000000000000000111. The smallest absolute Gasteiger partial charge is 0.100 e. The van der Waals surface area contributed by atoms with Crippen molar-refractivity contribution in [3.63, 3.8) is 0 Å². The van der Waals surface area contributed by atoms with E-state index in [0.29, 0.717) is 22.3 Å². The molecule has 0 amide bonds. The maximum absolute atomic E-state index is 10.6. The maximum Gasteiger partial charge on any atom is 0.100 e. The zero-order chi connectivity index (χ0) is 14.2. The third-order valence-corrected chi connectivity index (χ3v) is 5.89. The molecule has 3 rings (SSSR count). The predicted octanol–water partition coefficient (Wildman–Crippen LogP) is 3.72. The van der Waals surface area contributed by atoms with Gasteiger partial charge in [0.2, 0.25) is 0 Å². The highest BCUT2D eigenvalue weighted by atomic mass is 35.5. The van der Waals surface area contributed by atoms with Crippen LogP contribution in [-0.2, 0) is 4.74 Å². The van der Waals surface area contributed by atoms with Gasteiger partial charge < -0.3 is 9.84 Å². The Labute approximate surface area is 133 Å². The number of ether oxygens (including phenoxy) is 1. The van der Waals surface area contributed by atoms with E-state index in [-0.39, 0.29) is 11.5 Å². The predicted molar refractivity (Wildman–Crippen MR) is 82.6 cm³/mol. The van der Waals surface area contributed by atoms with E-state index in [0.717, 1.165) is 30.8 Å². The molecule has 0 radical (unpaired) electrons. The Kier molecular flexibility index (Phi) is 4.48. The van der Waals surface area contributed by atoms with E-state index >= 15 is 0 Å². The highest BCUT2D eigenvalue weighted by Crippen LogP contribution is 2.44. The molecule has 6 heteroatoms. The number of thioether (sulfide) groups is 1. The van der Waals surface area contributed by atoms with Crippen molar-refractivity contribution in [1.29, 1.82) is 0 Å². The van der Waals surface area contributed by atoms with Gasteiger partial charge in [0.05, 0.1) is 21.3 Å². The molecule has 2 saturated heterocycles. The zero-order valence-corrected chi connectivity index (χ0v) is 13.3. The van der Waals surface area contributed by atoms with Gasteiger partial charge in [0.15, 0.2) is 0 Å². The lowest BCUT2D eigenvalue weighted by atomic mass is 9.81. The van der Waals surface area contributed by atoms with Crippen molar-refractivity contribution in [3.05, 3.63) is 28.0 Å². The third kappa shape index (κ3) is 2.95. The van der Waals surface area contributed by atoms with Gasteiger partial charge in [0, 0.05) is 18.6 Å². The first-order chi connectivity index (χ1) is 9.60. The van der Waals surface area contributed by atoms with Gasteiger partial charge in [0.1, 0.15) is 6.10 Å². The van der Waals surface area contributed by atoms with Crippen LogP contribution in [0, 0.1) is 5.92 Å². The molecule has 1 spiro atoms. The van der Waals surface area contributed by atoms with Crippen LogP contribution in [0.2, 0.25) is 10.0 Å². The number of nitrogens with zero attached hydrogens (tertiary/aromatic N) is 1. The monoisotopic (exact) mass is 333 g/mol. The third-order valence-electron chi connectivity index (χ3n) is 4.16. The van der Waals surface area contributed by atoms with Crippen LogP contribution in [-0.4, -0.2) is 33.8 Å². The number of hydrogen-bond donors (Lipinski definition) is 1. The normalized spacial score (nSPS) is 31.6. The minimum atomic E-state index is -0.647. The quantitative estimate of drug-likeness (QED) is 0.895. The van der Waals surface area contributed by atoms with Crippen molar-refractivity contribution in [2.45, 2.75) is 31.0 Å². The van der Waals surface area contributed by atoms with Gasteiger partial charge in [-0.3, -0.25) is 4.98 Å². The molecule has 1 aromatic heterocycles. The summed E-state index contributed by atoms with van der Waals surface area (Å²) in [7, 11) is 0. The topological polar surface area (TPSA) is 42.4 Å². The maximum atomic E-state index is 10.6. The molecule has 1 N–H and O–H groups in total. The molecule has 1 aromatic rings. The lowest BCUT2D eigenvalue weighted by Gasteiger charge is -2.39. The minimum absolute atomic E-state index is 0.0481. The standard InChI is InChI=1S/C14H17Cl2NO2S/c15-10-5-11(16)12(17-7-10)13(18)9-1-3-19-14(6-9)2-4-20-8-14/h5,7,9,13,18H,1-4,6,8H2. The van der Waals surface area contributed by atoms with E-state index in [4.69, 9.17) is 27.9 Å². The molecule has 3 atom stereocenters. The van der Waals surface area contributed by atoms with Crippen LogP contribution in [0.5, 0.6) is 0 Å². The van der Waals surface area contributed by atoms with Crippen molar-refractivity contribution >= 4 is 35.0 Å². The first kappa shape index (κ1) is 14.9. The Morgan fingerprint density at radius 2 is 2.35 bits per heavy atom. The summed E-state index contributed by atoms with van der Waals surface area (Å²) in [5.74, 6) is 2.31. The Balaban J connectivity index is 1.77. The second kappa shape index (κ2) is 6.01. The summed E-state index contributed by atoms with van der Waals surface area (Å²) >= 11 is 13.9. The second-order valence-corrected chi connectivity index (χ2v) is 7.50. The lowest BCUT2D eigenvalue weighted by Crippen LogP contribution is -2.41. The number of rotatable bonds is 2. The molecule has 2 aliphatic heterocycles. The van der Waals surface area contributed by atoms with E-state index in [2.05, 4.69) is 4.98 Å². The number of hydrogen-bond acceptors (Lipinski definition) is 4. The average Bonchev–Trinajstić information content (AvgIpc) is 2.86. The van der Waals surface area contributed by atoms with Crippen LogP contribution in [0.3, 0.4) is 0 Å². The van der Waals surface area contributed by atoms with Gasteiger partial charge in [-0.1, -0.05) is 23.2 Å². The van der Waals surface area contributed by atoms with Gasteiger partial charge >= 0.3 is 0 Å². The van der Waals surface area contributed by atoms with Crippen LogP contribution in [0.1, 0.15) is 31.1 Å². The highest BCUT2D eigenvalue weighted by molar-refractivity contribution is 7.99. The Morgan fingerprint density at radius 1 is 1.50 bits per heavy atom. The number of aliphatic hydroxyl groups is 1. The van der Waals surface area contributed by atoms with E-state index in [9.17, 15) is 5.11 Å². The summed E-state index contributed by atoms with van der Waals surface area (Å²) in [6.07, 6.45) is 3.68. The molecule has 0 bridgehead atoms.